The Bertz CT molecular complexity index is 794. The van der Waals surface area contributed by atoms with Crippen LogP contribution >= 0.6 is 0 Å². The molecule has 0 fully saturated rings. The molecule has 0 radical (unpaired) electrons. The average molecular weight is 314 g/mol. The van der Waals surface area contributed by atoms with Gasteiger partial charge in [-0.3, -0.25) is 4.79 Å². The van der Waals surface area contributed by atoms with Crippen molar-refractivity contribution < 1.29 is 13.6 Å². The quantitative estimate of drug-likeness (QED) is 0.708. The third-order valence-electron chi connectivity index (χ3n) is 3.32. The number of hydrogen-bond acceptors (Lipinski definition) is 5. The molecule has 3 rings (SSSR count). The second-order valence-electron chi connectivity index (χ2n) is 4.99. The molecular weight excluding hydrogens is 299 g/mol. The summed E-state index contributed by atoms with van der Waals surface area (Å²) in [7, 11) is 0. The van der Waals surface area contributed by atoms with E-state index in [4.69, 9.17) is 4.42 Å². The number of ketones is 1. The summed E-state index contributed by atoms with van der Waals surface area (Å²) in [5.74, 6) is 0.783. The van der Waals surface area contributed by atoms with Gasteiger partial charge < -0.3 is 9.73 Å². The predicted octanol–water partition coefficient (Wildman–Crippen LogP) is 2.86. The van der Waals surface area contributed by atoms with Crippen molar-refractivity contribution in [2.75, 3.05) is 11.9 Å². The fraction of sp³-hybridized carbons (Fsp3) is 0.188. The number of nitrogens with one attached hydrogen (secondary N) is 1. The zero-order valence-electron chi connectivity index (χ0n) is 12.5. The Balaban J connectivity index is 1.85. The van der Waals surface area contributed by atoms with Crippen molar-refractivity contribution in [1.82, 2.24) is 15.0 Å². The smallest absolute Gasteiger partial charge is 0.183 e. The van der Waals surface area contributed by atoms with E-state index < -0.39 is 0 Å². The normalized spacial score (nSPS) is 10.7. The third-order valence-corrected chi connectivity index (χ3v) is 3.32. The van der Waals surface area contributed by atoms with Gasteiger partial charge in [-0.05, 0) is 36.4 Å². The molecule has 1 aromatic carbocycles. The molecule has 0 bridgehead atoms. The molecule has 2 aromatic heterocycles. The van der Waals surface area contributed by atoms with Crippen molar-refractivity contribution in [3.05, 3.63) is 59.9 Å². The first-order valence-corrected chi connectivity index (χ1v) is 7.14. The molecule has 0 aliphatic heterocycles. The molecule has 7 heteroatoms. The summed E-state index contributed by atoms with van der Waals surface area (Å²) >= 11 is 0. The van der Waals surface area contributed by atoms with Gasteiger partial charge in [0.2, 0.25) is 0 Å². The maximum absolute atomic E-state index is 13.1. The van der Waals surface area contributed by atoms with Crippen LogP contribution in [0.25, 0.3) is 5.69 Å². The lowest BCUT2D eigenvalue weighted by molar-refractivity contribution is 0.101. The van der Waals surface area contributed by atoms with Gasteiger partial charge >= 0.3 is 0 Å². The fourth-order valence-electron chi connectivity index (χ4n) is 2.20. The van der Waals surface area contributed by atoms with Crippen molar-refractivity contribution in [3.63, 3.8) is 0 Å². The number of carbonyl (C=O) groups is 1. The molecule has 6 nitrogen and oxygen atoms in total. The van der Waals surface area contributed by atoms with Gasteiger partial charge in [-0.1, -0.05) is 5.21 Å². The molecule has 0 amide bonds. The molecule has 0 atom stereocenters. The van der Waals surface area contributed by atoms with Crippen LogP contribution in [0.4, 0.5) is 10.2 Å². The molecule has 0 unspecified atom stereocenters. The molecule has 0 aliphatic carbocycles. The first-order chi connectivity index (χ1) is 11.1. The van der Waals surface area contributed by atoms with Crippen LogP contribution in [0.1, 0.15) is 23.2 Å². The third kappa shape index (κ3) is 3.28. The molecule has 118 valence electrons. The van der Waals surface area contributed by atoms with Gasteiger partial charge in [0.25, 0.3) is 0 Å². The molecule has 0 spiro atoms. The fourth-order valence-corrected chi connectivity index (χ4v) is 2.20. The van der Waals surface area contributed by atoms with Gasteiger partial charge in [0.15, 0.2) is 17.3 Å². The molecule has 0 aliphatic rings. The highest BCUT2D eigenvalue weighted by Gasteiger charge is 2.17. The van der Waals surface area contributed by atoms with Crippen LogP contribution in [0.3, 0.4) is 0 Å². The molecule has 23 heavy (non-hydrogen) atoms. The zero-order chi connectivity index (χ0) is 16.2. The van der Waals surface area contributed by atoms with E-state index in [9.17, 15) is 9.18 Å². The van der Waals surface area contributed by atoms with Crippen molar-refractivity contribution in [3.8, 4) is 5.69 Å². The first-order valence-electron chi connectivity index (χ1n) is 7.14. The molecule has 0 saturated carbocycles. The summed E-state index contributed by atoms with van der Waals surface area (Å²) in [6, 6.07) is 9.51. The van der Waals surface area contributed by atoms with Crippen LogP contribution in [-0.4, -0.2) is 27.3 Å². The van der Waals surface area contributed by atoms with E-state index in [1.54, 1.807) is 18.4 Å². The Morgan fingerprint density at radius 3 is 2.74 bits per heavy atom. The molecule has 3 aromatic rings. The SMILES string of the molecule is CC(=O)c1nnn(-c2ccc(F)cc2)c1NCCc1ccco1. The summed E-state index contributed by atoms with van der Waals surface area (Å²) in [5.41, 5.74) is 0.862. The van der Waals surface area contributed by atoms with Gasteiger partial charge in [-0.2, -0.15) is 4.68 Å². The van der Waals surface area contributed by atoms with E-state index in [1.165, 1.54) is 23.7 Å². The number of aromatic nitrogens is 3. The first kappa shape index (κ1) is 15.0. The van der Waals surface area contributed by atoms with E-state index in [0.29, 0.717) is 24.5 Å². The maximum Gasteiger partial charge on any atom is 0.183 e. The zero-order valence-corrected chi connectivity index (χ0v) is 12.5. The lowest BCUT2D eigenvalue weighted by Crippen LogP contribution is -2.12. The highest BCUT2D eigenvalue weighted by molar-refractivity contribution is 5.96. The maximum atomic E-state index is 13.1. The standard InChI is InChI=1S/C16H15FN4O2/c1-11(22)15-16(18-9-8-14-3-2-10-23-14)21(20-19-15)13-6-4-12(17)5-7-13/h2-7,10,18H,8-9H2,1H3. The van der Waals surface area contributed by atoms with Gasteiger partial charge in [0.1, 0.15) is 11.6 Å². The highest BCUT2D eigenvalue weighted by Crippen LogP contribution is 2.19. The lowest BCUT2D eigenvalue weighted by Gasteiger charge is -2.09. The second-order valence-corrected chi connectivity index (χ2v) is 4.99. The van der Waals surface area contributed by atoms with E-state index >= 15 is 0 Å². The molecular formula is C16H15FN4O2. The number of Topliss-reactive ketones (excluding diaryl/α,β-unsaturated/α-hetero) is 1. The Labute approximate surface area is 131 Å². The van der Waals surface area contributed by atoms with Gasteiger partial charge in [-0.15, -0.1) is 5.10 Å². The number of halogens is 1. The van der Waals surface area contributed by atoms with Crippen LogP contribution in [0.2, 0.25) is 0 Å². The van der Waals surface area contributed by atoms with Gasteiger partial charge in [0, 0.05) is 19.9 Å². The van der Waals surface area contributed by atoms with Crippen LogP contribution in [0.15, 0.2) is 47.1 Å². The van der Waals surface area contributed by atoms with Crippen molar-refractivity contribution in [2.24, 2.45) is 0 Å². The second kappa shape index (κ2) is 6.43. The minimum atomic E-state index is -0.340. The average Bonchev–Trinajstić information content (AvgIpc) is 3.18. The summed E-state index contributed by atoms with van der Waals surface area (Å²) in [6.45, 7) is 1.97. The summed E-state index contributed by atoms with van der Waals surface area (Å²) < 4.78 is 19.8. The molecule has 1 N–H and O–H groups in total. The Morgan fingerprint density at radius 1 is 1.30 bits per heavy atom. The molecule has 0 saturated heterocycles. The van der Waals surface area contributed by atoms with Crippen LogP contribution < -0.4 is 5.32 Å². The topological polar surface area (TPSA) is 73.0 Å². The van der Waals surface area contributed by atoms with E-state index in [-0.39, 0.29) is 17.3 Å². The Kier molecular flexibility index (Phi) is 4.18. The van der Waals surface area contributed by atoms with Crippen molar-refractivity contribution in [2.45, 2.75) is 13.3 Å². The number of anilines is 1. The number of carbonyl (C=O) groups excluding carboxylic acids is 1. The van der Waals surface area contributed by atoms with Gasteiger partial charge in [0.05, 0.1) is 12.0 Å². The summed E-state index contributed by atoms with van der Waals surface area (Å²) in [4.78, 5) is 11.7. The Morgan fingerprint density at radius 2 is 2.09 bits per heavy atom. The number of rotatable bonds is 6. The Hall–Kier alpha value is -2.96. The summed E-state index contributed by atoms with van der Waals surface area (Å²) in [6.07, 6.45) is 2.26. The lowest BCUT2D eigenvalue weighted by atomic mass is 10.2. The minimum Gasteiger partial charge on any atom is -0.469 e. The van der Waals surface area contributed by atoms with Crippen LogP contribution in [-0.2, 0) is 6.42 Å². The number of furan rings is 1. The van der Waals surface area contributed by atoms with Crippen molar-refractivity contribution >= 4 is 11.6 Å². The summed E-state index contributed by atoms with van der Waals surface area (Å²) in [5, 5.41) is 11.1. The van der Waals surface area contributed by atoms with Crippen LogP contribution in [0.5, 0.6) is 0 Å². The number of benzene rings is 1. The largest absolute Gasteiger partial charge is 0.469 e. The van der Waals surface area contributed by atoms with Gasteiger partial charge in [-0.25, -0.2) is 4.39 Å². The number of hydrogen-bond donors (Lipinski definition) is 1. The van der Waals surface area contributed by atoms with E-state index in [2.05, 4.69) is 15.6 Å². The highest BCUT2D eigenvalue weighted by atomic mass is 19.1. The van der Waals surface area contributed by atoms with Crippen molar-refractivity contribution in [1.29, 1.82) is 0 Å². The van der Waals surface area contributed by atoms with E-state index in [0.717, 1.165) is 5.76 Å². The number of nitrogens with zero attached hydrogens (tertiary/aromatic N) is 3. The molecule has 2 heterocycles. The predicted molar refractivity (Wildman–Crippen MR) is 82.2 cm³/mol. The monoisotopic (exact) mass is 314 g/mol. The van der Waals surface area contributed by atoms with Crippen LogP contribution in [0, 0.1) is 5.82 Å². The van der Waals surface area contributed by atoms with E-state index in [1.807, 2.05) is 12.1 Å². The minimum absolute atomic E-state index is 0.195.